The Hall–Kier alpha value is -1.30. The summed E-state index contributed by atoms with van der Waals surface area (Å²) in [6.45, 7) is 1.59. The van der Waals surface area contributed by atoms with Crippen molar-refractivity contribution in [2.45, 2.75) is 37.6 Å². The Balaban J connectivity index is 2.24. The highest BCUT2D eigenvalue weighted by Gasteiger charge is 2.56. The van der Waals surface area contributed by atoms with E-state index in [1.165, 1.54) is 0 Å². The van der Waals surface area contributed by atoms with E-state index in [1.54, 1.807) is 6.92 Å². The zero-order chi connectivity index (χ0) is 10.5. The van der Waals surface area contributed by atoms with Crippen molar-refractivity contribution in [2.24, 2.45) is 0 Å². The molecule has 2 aliphatic rings. The largest absolute Gasteiger partial charge is 0.480 e. The standard InChI is InChI=1S/C8H11NO5/c1-3-6(7(10)11)9(8(12)13)4-2-5(4)14-3/h3-6H,2H2,1H3,(H,10,11)(H,12,13)/t3?,4-,5+,6-/m0/s1. The molecular formula is C8H11NO5. The third kappa shape index (κ3) is 1.22. The Kier molecular flexibility index (Phi) is 1.88. The molecule has 0 radical (unpaired) electrons. The summed E-state index contributed by atoms with van der Waals surface area (Å²) in [5.41, 5.74) is 0. The fraction of sp³-hybridized carbons (Fsp3) is 0.750. The number of hydrogen-bond acceptors (Lipinski definition) is 3. The van der Waals surface area contributed by atoms with Gasteiger partial charge in [0.15, 0.2) is 6.04 Å². The fourth-order valence-corrected chi connectivity index (χ4v) is 1.96. The van der Waals surface area contributed by atoms with E-state index in [9.17, 15) is 9.59 Å². The molecule has 0 aromatic heterocycles. The molecule has 1 aliphatic heterocycles. The lowest BCUT2D eigenvalue weighted by atomic mass is 10.1. The summed E-state index contributed by atoms with van der Waals surface area (Å²) in [5, 5.41) is 17.8. The van der Waals surface area contributed by atoms with Crippen LogP contribution in [0.5, 0.6) is 0 Å². The van der Waals surface area contributed by atoms with Crippen LogP contribution in [0.4, 0.5) is 4.79 Å². The van der Waals surface area contributed by atoms with Gasteiger partial charge in [0.2, 0.25) is 0 Å². The summed E-state index contributed by atoms with van der Waals surface area (Å²) >= 11 is 0. The number of hydrogen-bond donors (Lipinski definition) is 2. The molecular weight excluding hydrogens is 190 g/mol. The van der Waals surface area contributed by atoms with Crippen molar-refractivity contribution in [3.05, 3.63) is 0 Å². The van der Waals surface area contributed by atoms with E-state index >= 15 is 0 Å². The van der Waals surface area contributed by atoms with Crippen LogP contribution in [-0.4, -0.2) is 51.5 Å². The van der Waals surface area contributed by atoms with E-state index in [0.29, 0.717) is 6.42 Å². The molecule has 0 spiro atoms. The summed E-state index contributed by atoms with van der Waals surface area (Å²) in [4.78, 5) is 22.7. The molecule has 1 unspecified atom stereocenters. The van der Waals surface area contributed by atoms with Crippen LogP contribution < -0.4 is 0 Å². The van der Waals surface area contributed by atoms with Crippen LogP contribution >= 0.6 is 0 Å². The predicted octanol–water partition coefficient (Wildman–Crippen LogP) is -0.0208. The van der Waals surface area contributed by atoms with E-state index in [0.717, 1.165) is 4.90 Å². The highest BCUT2D eigenvalue weighted by atomic mass is 16.5. The van der Waals surface area contributed by atoms with Gasteiger partial charge in [-0.15, -0.1) is 0 Å². The molecule has 1 saturated heterocycles. The number of carboxylic acid groups (broad SMARTS) is 2. The maximum Gasteiger partial charge on any atom is 0.408 e. The summed E-state index contributed by atoms with van der Waals surface area (Å²) in [6.07, 6.45) is -1.25. The number of rotatable bonds is 1. The zero-order valence-electron chi connectivity index (χ0n) is 7.58. The van der Waals surface area contributed by atoms with Crippen LogP contribution in [0.15, 0.2) is 0 Å². The molecule has 0 aromatic carbocycles. The molecule has 2 fully saturated rings. The maximum atomic E-state index is 10.9. The number of nitrogens with zero attached hydrogens (tertiary/aromatic N) is 1. The van der Waals surface area contributed by atoms with Gasteiger partial charge < -0.3 is 14.9 Å². The van der Waals surface area contributed by atoms with Crippen LogP contribution in [0.1, 0.15) is 13.3 Å². The van der Waals surface area contributed by atoms with E-state index in [-0.39, 0.29) is 12.1 Å². The van der Waals surface area contributed by atoms with Crippen molar-refractivity contribution >= 4 is 12.1 Å². The van der Waals surface area contributed by atoms with Gasteiger partial charge in [0.05, 0.1) is 18.2 Å². The smallest absolute Gasteiger partial charge is 0.408 e. The molecule has 1 amide bonds. The Labute approximate surface area is 80.1 Å². The number of aliphatic carboxylic acids is 1. The topological polar surface area (TPSA) is 87.1 Å². The van der Waals surface area contributed by atoms with Crippen molar-refractivity contribution < 1.29 is 24.5 Å². The number of morpholine rings is 1. The summed E-state index contributed by atoms with van der Waals surface area (Å²) in [7, 11) is 0. The normalized spacial score (nSPS) is 40.2. The average Bonchev–Trinajstić information content (AvgIpc) is 2.78. The fourth-order valence-electron chi connectivity index (χ4n) is 1.96. The lowest BCUT2D eigenvalue weighted by Crippen LogP contribution is -2.56. The quantitative estimate of drug-likeness (QED) is 0.622. The van der Waals surface area contributed by atoms with Gasteiger partial charge >= 0.3 is 12.1 Å². The molecule has 78 valence electrons. The molecule has 4 atom stereocenters. The first kappa shape index (κ1) is 9.26. The number of carbonyl (C=O) groups is 2. The number of ether oxygens (including phenoxy) is 1. The Morgan fingerprint density at radius 3 is 2.57 bits per heavy atom. The molecule has 14 heavy (non-hydrogen) atoms. The van der Waals surface area contributed by atoms with Crippen molar-refractivity contribution in [1.29, 1.82) is 0 Å². The molecule has 1 aliphatic carbocycles. The predicted molar refractivity (Wildman–Crippen MR) is 44.0 cm³/mol. The van der Waals surface area contributed by atoms with E-state index < -0.39 is 24.2 Å². The van der Waals surface area contributed by atoms with Gasteiger partial charge in [-0.1, -0.05) is 0 Å². The molecule has 1 heterocycles. The second-order valence-corrected chi connectivity index (χ2v) is 3.66. The zero-order valence-corrected chi connectivity index (χ0v) is 7.58. The van der Waals surface area contributed by atoms with Crippen molar-refractivity contribution in [3.63, 3.8) is 0 Å². The van der Waals surface area contributed by atoms with E-state index in [4.69, 9.17) is 14.9 Å². The highest BCUT2D eigenvalue weighted by molar-refractivity contribution is 5.81. The molecule has 6 nitrogen and oxygen atoms in total. The molecule has 1 saturated carbocycles. The Morgan fingerprint density at radius 2 is 2.07 bits per heavy atom. The van der Waals surface area contributed by atoms with Gasteiger partial charge in [-0.25, -0.2) is 9.59 Å². The van der Waals surface area contributed by atoms with Crippen molar-refractivity contribution in [3.8, 4) is 0 Å². The lowest BCUT2D eigenvalue weighted by molar-refractivity contribution is -0.153. The summed E-state index contributed by atoms with van der Waals surface area (Å²) < 4.78 is 5.33. The molecule has 2 rings (SSSR count). The van der Waals surface area contributed by atoms with Gasteiger partial charge in [0, 0.05) is 0 Å². The first-order valence-corrected chi connectivity index (χ1v) is 4.42. The van der Waals surface area contributed by atoms with Gasteiger partial charge in [0.25, 0.3) is 0 Å². The first-order chi connectivity index (χ1) is 6.52. The highest BCUT2D eigenvalue weighted by Crippen LogP contribution is 2.39. The van der Waals surface area contributed by atoms with Crippen molar-refractivity contribution in [1.82, 2.24) is 4.90 Å². The third-order valence-corrected chi connectivity index (χ3v) is 2.66. The van der Waals surface area contributed by atoms with Crippen LogP contribution in [0.2, 0.25) is 0 Å². The summed E-state index contributed by atoms with van der Waals surface area (Å²) in [6, 6.07) is -1.33. The number of amides is 1. The number of carboxylic acids is 1. The molecule has 6 heteroatoms. The van der Waals surface area contributed by atoms with Gasteiger partial charge in [-0.05, 0) is 13.3 Å². The Bertz CT molecular complexity index is 277. The van der Waals surface area contributed by atoms with Crippen LogP contribution in [0.25, 0.3) is 0 Å². The SMILES string of the molecule is CC1O[C@@H]2C[C@@H]2N(C(=O)O)[C@@H]1C(=O)O. The molecule has 2 N–H and O–H groups in total. The van der Waals surface area contributed by atoms with Gasteiger partial charge in [-0.2, -0.15) is 0 Å². The minimum Gasteiger partial charge on any atom is -0.480 e. The van der Waals surface area contributed by atoms with Gasteiger partial charge in [-0.3, -0.25) is 4.90 Å². The van der Waals surface area contributed by atoms with Crippen LogP contribution in [0.3, 0.4) is 0 Å². The minimum absolute atomic E-state index is 0.100. The van der Waals surface area contributed by atoms with Crippen molar-refractivity contribution in [2.75, 3.05) is 0 Å². The van der Waals surface area contributed by atoms with E-state index in [2.05, 4.69) is 0 Å². The Morgan fingerprint density at radius 1 is 1.43 bits per heavy atom. The summed E-state index contributed by atoms with van der Waals surface area (Å²) in [5.74, 6) is -1.15. The van der Waals surface area contributed by atoms with Gasteiger partial charge in [0.1, 0.15) is 0 Å². The second-order valence-electron chi connectivity index (χ2n) is 3.66. The third-order valence-electron chi connectivity index (χ3n) is 2.66. The number of fused-ring (bicyclic) bond motifs is 1. The average molecular weight is 201 g/mol. The second kappa shape index (κ2) is 2.84. The van der Waals surface area contributed by atoms with Crippen LogP contribution in [-0.2, 0) is 9.53 Å². The monoisotopic (exact) mass is 201 g/mol. The van der Waals surface area contributed by atoms with E-state index in [1.807, 2.05) is 0 Å². The maximum absolute atomic E-state index is 10.9. The minimum atomic E-state index is -1.18. The first-order valence-electron chi connectivity index (χ1n) is 4.42. The molecule has 0 aromatic rings. The lowest BCUT2D eigenvalue weighted by Gasteiger charge is -2.34. The van der Waals surface area contributed by atoms with Crippen LogP contribution in [0, 0.1) is 0 Å². The molecule has 0 bridgehead atoms.